The number of hydrogen-bond acceptors (Lipinski definition) is 1. The van der Waals surface area contributed by atoms with Gasteiger partial charge in [0.25, 0.3) is 0 Å². The van der Waals surface area contributed by atoms with Crippen molar-refractivity contribution in [1.29, 1.82) is 0 Å². The smallest absolute Gasteiger partial charge is 0.123 e. The van der Waals surface area contributed by atoms with Crippen molar-refractivity contribution in [3.63, 3.8) is 0 Å². The number of aromatic hydroxyl groups is 1. The van der Waals surface area contributed by atoms with Gasteiger partial charge in [0.1, 0.15) is 5.75 Å². The van der Waals surface area contributed by atoms with Gasteiger partial charge in [-0.2, -0.15) is 0 Å². The number of rotatable bonds is 3. The number of aryl methyl sites for hydroxylation is 1. The second kappa shape index (κ2) is 4.93. The fourth-order valence-corrected chi connectivity index (χ4v) is 2.59. The Hall–Kier alpha value is -2.02. The molecule has 0 heterocycles. The summed E-state index contributed by atoms with van der Waals surface area (Å²) in [5.74, 6) is 0.356. The van der Waals surface area contributed by atoms with Gasteiger partial charge in [-0.3, -0.25) is 0 Å². The van der Waals surface area contributed by atoms with Crippen LogP contribution in [0.25, 0.3) is 21.5 Å². The highest BCUT2D eigenvalue weighted by Gasteiger charge is 2.03. The Morgan fingerprint density at radius 2 is 1.79 bits per heavy atom. The third kappa shape index (κ3) is 2.28. The predicted octanol–water partition coefficient (Wildman–Crippen LogP) is 5.04. The average Bonchev–Trinajstić information content (AvgIpc) is 2.43. The molecule has 0 radical (unpaired) electrons. The van der Waals surface area contributed by atoms with E-state index in [0.29, 0.717) is 5.75 Å². The monoisotopic (exact) mass is 250 g/mol. The van der Waals surface area contributed by atoms with Crippen LogP contribution in [-0.4, -0.2) is 5.11 Å². The molecule has 0 aromatic heterocycles. The molecule has 1 nitrogen and oxygen atoms in total. The fourth-order valence-electron chi connectivity index (χ4n) is 2.59. The highest BCUT2D eigenvalue weighted by atomic mass is 16.3. The number of phenolic OH excluding ortho intramolecular Hbond substituents is 1. The molecule has 3 aromatic carbocycles. The van der Waals surface area contributed by atoms with E-state index in [2.05, 4.69) is 37.3 Å². The minimum atomic E-state index is 0.356. The van der Waals surface area contributed by atoms with E-state index in [9.17, 15) is 5.11 Å². The summed E-state index contributed by atoms with van der Waals surface area (Å²) in [6.45, 7) is 2.22. The summed E-state index contributed by atoms with van der Waals surface area (Å²) in [6, 6.07) is 16.6. The van der Waals surface area contributed by atoms with Crippen LogP contribution >= 0.6 is 0 Å². The number of hydrogen-bond donors (Lipinski definition) is 1. The lowest BCUT2D eigenvalue weighted by Gasteiger charge is -2.06. The van der Waals surface area contributed by atoms with Gasteiger partial charge in [0, 0.05) is 5.39 Å². The van der Waals surface area contributed by atoms with Crippen LogP contribution in [0, 0.1) is 0 Å². The first-order valence-electron chi connectivity index (χ1n) is 6.92. The molecule has 3 rings (SSSR count). The van der Waals surface area contributed by atoms with E-state index in [4.69, 9.17) is 0 Å². The lowest BCUT2D eigenvalue weighted by Crippen LogP contribution is -1.85. The molecule has 0 saturated carbocycles. The Kier molecular flexibility index (Phi) is 3.12. The second-order valence-electron chi connectivity index (χ2n) is 5.14. The molecule has 96 valence electrons. The van der Waals surface area contributed by atoms with Gasteiger partial charge in [-0.05, 0) is 52.8 Å². The van der Waals surface area contributed by atoms with Crippen molar-refractivity contribution in [1.82, 2.24) is 0 Å². The predicted molar refractivity (Wildman–Crippen MR) is 81.7 cm³/mol. The van der Waals surface area contributed by atoms with E-state index in [0.717, 1.165) is 17.2 Å². The molecule has 0 unspecified atom stereocenters. The Morgan fingerprint density at radius 3 is 2.63 bits per heavy atom. The van der Waals surface area contributed by atoms with Gasteiger partial charge in [0.05, 0.1) is 0 Å². The first kappa shape index (κ1) is 12.0. The molecule has 1 N–H and O–H groups in total. The zero-order valence-electron chi connectivity index (χ0n) is 11.2. The molecule has 0 amide bonds. The maximum Gasteiger partial charge on any atom is 0.123 e. The van der Waals surface area contributed by atoms with Gasteiger partial charge < -0.3 is 5.11 Å². The number of phenols is 1. The van der Waals surface area contributed by atoms with Crippen LogP contribution in [0.4, 0.5) is 0 Å². The lowest BCUT2D eigenvalue weighted by molar-refractivity contribution is 0.481. The van der Waals surface area contributed by atoms with Crippen molar-refractivity contribution in [3.05, 3.63) is 54.1 Å². The zero-order valence-corrected chi connectivity index (χ0v) is 11.2. The summed E-state index contributed by atoms with van der Waals surface area (Å²) in [5, 5.41) is 14.4. The van der Waals surface area contributed by atoms with Crippen LogP contribution in [-0.2, 0) is 6.42 Å². The highest BCUT2D eigenvalue weighted by Crippen LogP contribution is 2.29. The first-order chi connectivity index (χ1) is 9.28. The molecule has 0 aliphatic carbocycles. The Balaban J connectivity index is 2.15. The summed E-state index contributed by atoms with van der Waals surface area (Å²) >= 11 is 0. The molecule has 3 aromatic rings. The lowest BCUT2D eigenvalue weighted by atomic mass is 9.99. The van der Waals surface area contributed by atoms with Crippen molar-refractivity contribution in [2.75, 3.05) is 0 Å². The van der Waals surface area contributed by atoms with Gasteiger partial charge in [-0.1, -0.05) is 43.7 Å². The quantitative estimate of drug-likeness (QED) is 0.645. The van der Waals surface area contributed by atoms with Gasteiger partial charge in [0.2, 0.25) is 0 Å². The summed E-state index contributed by atoms with van der Waals surface area (Å²) < 4.78 is 0. The molecule has 0 aliphatic rings. The van der Waals surface area contributed by atoms with E-state index in [1.165, 1.54) is 29.2 Å². The molecule has 0 saturated heterocycles. The van der Waals surface area contributed by atoms with Crippen molar-refractivity contribution < 1.29 is 5.11 Å². The third-order valence-electron chi connectivity index (χ3n) is 3.70. The molecule has 0 atom stereocenters. The largest absolute Gasteiger partial charge is 0.507 e. The van der Waals surface area contributed by atoms with Gasteiger partial charge in [-0.25, -0.2) is 0 Å². The average molecular weight is 250 g/mol. The van der Waals surface area contributed by atoms with E-state index < -0.39 is 0 Å². The maximum atomic E-state index is 9.90. The second-order valence-corrected chi connectivity index (χ2v) is 5.14. The first-order valence-corrected chi connectivity index (χ1v) is 6.92. The Bertz CT molecular complexity index is 728. The van der Waals surface area contributed by atoms with Gasteiger partial charge in [0.15, 0.2) is 0 Å². The van der Waals surface area contributed by atoms with Crippen LogP contribution in [0.1, 0.15) is 25.3 Å². The summed E-state index contributed by atoms with van der Waals surface area (Å²) in [4.78, 5) is 0. The normalized spacial score (nSPS) is 11.2. The van der Waals surface area contributed by atoms with Crippen LogP contribution in [0.2, 0.25) is 0 Å². The zero-order chi connectivity index (χ0) is 13.2. The Labute approximate surface area is 113 Å². The summed E-state index contributed by atoms with van der Waals surface area (Å²) in [5.41, 5.74) is 1.40. The number of unbranched alkanes of at least 4 members (excludes halogenated alkanes) is 1. The summed E-state index contributed by atoms with van der Waals surface area (Å²) in [7, 11) is 0. The van der Waals surface area contributed by atoms with E-state index >= 15 is 0 Å². The van der Waals surface area contributed by atoms with Gasteiger partial charge in [-0.15, -0.1) is 0 Å². The molecular formula is C18H18O. The maximum absolute atomic E-state index is 9.90. The van der Waals surface area contributed by atoms with E-state index in [1.807, 2.05) is 12.1 Å². The Morgan fingerprint density at radius 1 is 0.895 bits per heavy atom. The number of fused-ring (bicyclic) bond motifs is 2. The third-order valence-corrected chi connectivity index (χ3v) is 3.70. The van der Waals surface area contributed by atoms with Crippen molar-refractivity contribution >= 4 is 21.5 Å². The van der Waals surface area contributed by atoms with Crippen LogP contribution in [0.15, 0.2) is 48.5 Å². The molecule has 19 heavy (non-hydrogen) atoms. The minimum Gasteiger partial charge on any atom is -0.507 e. The fraction of sp³-hybridized carbons (Fsp3) is 0.222. The van der Waals surface area contributed by atoms with E-state index in [1.54, 1.807) is 6.07 Å². The SMILES string of the molecule is CCCCc1ccc2cc3c(O)cccc3cc2c1. The molecule has 0 fully saturated rings. The molecular weight excluding hydrogens is 232 g/mol. The van der Waals surface area contributed by atoms with Crippen molar-refractivity contribution in [3.8, 4) is 5.75 Å². The summed E-state index contributed by atoms with van der Waals surface area (Å²) in [6.07, 6.45) is 3.61. The number of benzene rings is 3. The molecule has 0 spiro atoms. The standard InChI is InChI=1S/C18H18O/c1-2-3-5-13-8-9-14-12-17-15(11-16(14)10-13)6-4-7-18(17)19/h4,6-12,19H,2-3,5H2,1H3. The van der Waals surface area contributed by atoms with Crippen LogP contribution in [0.5, 0.6) is 5.75 Å². The highest BCUT2D eigenvalue weighted by molar-refractivity contribution is 6.00. The van der Waals surface area contributed by atoms with Crippen LogP contribution < -0.4 is 0 Å². The van der Waals surface area contributed by atoms with Crippen molar-refractivity contribution in [2.24, 2.45) is 0 Å². The molecule has 0 bridgehead atoms. The topological polar surface area (TPSA) is 20.2 Å². The van der Waals surface area contributed by atoms with Crippen LogP contribution in [0.3, 0.4) is 0 Å². The van der Waals surface area contributed by atoms with Gasteiger partial charge >= 0.3 is 0 Å². The molecule has 0 aliphatic heterocycles. The molecule has 1 heteroatoms. The van der Waals surface area contributed by atoms with Crippen molar-refractivity contribution in [2.45, 2.75) is 26.2 Å². The van der Waals surface area contributed by atoms with E-state index in [-0.39, 0.29) is 0 Å². The minimum absolute atomic E-state index is 0.356.